The van der Waals surface area contributed by atoms with E-state index in [4.69, 9.17) is 73.4 Å². The summed E-state index contributed by atoms with van der Waals surface area (Å²) in [5, 5.41) is 123. The Balaban J connectivity index is -0.0000000300. The minimum atomic E-state index is -1.23. The van der Waals surface area contributed by atoms with Crippen molar-refractivity contribution < 1.29 is 431 Å². The Kier molecular flexibility index (Phi) is 229. The fraction of sp³-hybridized carbons (Fsp3) is 0.265. The molecule has 0 amide bonds. The van der Waals surface area contributed by atoms with Gasteiger partial charge in [0.2, 0.25) is 0 Å². The second-order valence-electron chi connectivity index (χ2n) is 14.6. The Hall–Kier alpha value is 0.187. The molecule has 0 saturated heterocycles. The topological polar surface area (TPSA) is 452 Å². The predicted molar refractivity (Wildman–Crippen MR) is 346 cm³/mol. The molecule has 0 rings (SSSR count). The average molecular weight is 2290 g/mol. The Morgan fingerprint density at radius 3 is 0.853 bits per heavy atom. The van der Waals surface area contributed by atoms with Gasteiger partial charge >= 0.3 is 11.9 Å². The SMILES string of the molecule is C=C(C#N)C(NC)=C(C#N)C#N.C=C(C(=O)O)C(C)=C(C#N)C#N.C=C(C)C#N.C=C([C-]=O)C(C)=O.C=CC.C=[C-]C.CC=C(C#N)C(NC)=C(C#N)C#N.CC=C(C(=O)O)C(C)=C(C#N)C#N.CC=C(C)C#N.CC=C([C-]=O)C(C)=O.CC=CC.C[C-]=CC.[Y].[Y].[Y].[Y].[Y].[Y].[Y].[Y].[Y].[Y].[Y].[Y]. The van der Waals surface area contributed by atoms with Gasteiger partial charge in [0, 0.05) is 429 Å². The summed E-state index contributed by atoms with van der Waals surface area (Å²) in [4.78, 5) is 60.5. The van der Waals surface area contributed by atoms with Crippen molar-refractivity contribution in [2.45, 2.75) is 111 Å². The molecule has 508 valence electrons. The molecule has 4 N–H and O–H groups in total. The largest absolute Gasteiger partial charge is 0.507 e. The third-order valence-corrected chi connectivity index (χ3v) is 8.14. The first-order valence-corrected chi connectivity index (χ1v) is 24.9. The van der Waals surface area contributed by atoms with Gasteiger partial charge in [-0.1, -0.05) is 70.0 Å². The number of carbonyl (C=O) groups is 4. The summed E-state index contributed by atoms with van der Waals surface area (Å²) >= 11 is 0. The van der Waals surface area contributed by atoms with Crippen LogP contribution in [0.1, 0.15) is 111 Å². The van der Waals surface area contributed by atoms with E-state index in [0.717, 1.165) is 5.57 Å². The normalized spacial score (nSPS) is 7.35. The molecule has 22 nitrogen and oxygen atoms in total. The van der Waals surface area contributed by atoms with Crippen LogP contribution in [-0.4, -0.2) is 60.4 Å². The monoisotopic (exact) mass is 2290 g/mol. The van der Waals surface area contributed by atoms with Crippen LogP contribution in [-0.2, 0) is 421 Å². The van der Waals surface area contributed by atoms with Gasteiger partial charge in [-0.15, -0.1) is 17.7 Å². The number of hydrogen-bond donors (Lipinski definition) is 4. The number of carboxylic acids is 2. The van der Waals surface area contributed by atoms with Crippen LogP contribution in [0.5, 0.6) is 0 Å². The van der Waals surface area contributed by atoms with Crippen LogP contribution >= 0.6 is 0 Å². The van der Waals surface area contributed by atoms with Crippen molar-refractivity contribution in [3.05, 3.63) is 190 Å². The van der Waals surface area contributed by atoms with Gasteiger partial charge in [-0.05, 0) is 94.2 Å². The number of hydrogen-bond acceptors (Lipinski definition) is 20. The third kappa shape index (κ3) is 121. The zero-order chi connectivity index (χ0) is 73.9. The molecule has 0 unspecified atom stereocenters. The number of carbonyl (C=O) groups excluding carboxylic acids is 4. The van der Waals surface area contributed by atoms with Crippen LogP contribution in [0.25, 0.3) is 0 Å². The second-order valence-corrected chi connectivity index (χ2v) is 14.6. The minimum absolute atomic E-state index is 0. The van der Waals surface area contributed by atoms with E-state index in [9.17, 15) is 28.8 Å². The molecule has 0 bridgehead atoms. The molecule has 0 saturated carbocycles. The van der Waals surface area contributed by atoms with E-state index >= 15 is 0 Å². The maximum absolute atomic E-state index is 10.6. The first-order chi connectivity index (χ1) is 42.2. The van der Waals surface area contributed by atoms with Crippen LogP contribution in [0.2, 0.25) is 0 Å². The number of allylic oxidation sites excluding steroid dienone is 20. The fourth-order valence-corrected chi connectivity index (χ4v) is 3.22. The van der Waals surface area contributed by atoms with Gasteiger partial charge in [-0.2, -0.15) is 89.6 Å². The Labute approximate surface area is 910 Å². The van der Waals surface area contributed by atoms with Gasteiger partial charge in [-0.3, -0.25) is 12.7 Å². The van der Waals surface area contributed by atoms with Gasteiger partial charge in [0.05, 0.1) is 58.4 Å². The molecule has 102 heavy (non-hydrogen) atoms. The Morgan fingerprint density at radius 1 is 0.431 bits per heavy atom. The van der Waals surface area contributed by atoms with Crippen LogP contribution in [0.3, 0.4) is 0 Å². The van der Waals surface area contributed by atoms with Crippen molar-refractivity contribution in [2.24, 2.45) is 0 Å². The number of likely N-dealkylation sites (N-methyl/N-ethyl adjacent to an activating group) is 2. The predicted octanol–water partition coefficient (Wildman–Crippen LogP) is 12.5. The van der Waals surface area contributed by atoms with E-state index in [1.54, 1.807) is 121 Å². The molecule has 0 fully saturated rings. The van der Waals surface area contributed by atoms with Crippen molar-refractivity contribution in [2.75, 3.05) is 14.1 Å². The van der Waals surface area contributed by atoms with E-state index in [0.29, 0.717) is 11.1 Å². The first kappa shape index (κ1) is 171. The molecular formula is C68H78N14O8Y12-4. The number of nitrogens with zero attached hydrogens (tertiary/aromatic N) is 12. The maximum Gasteiger partial charge on any atom is 0.335 e. The summed E-state index contributed by atoms with van der Waals surface area (Å²) in [6.45, 7) is 46.6. The van der Waals surface area contributed by atoms with E-state index in [2.05, 4.69) is 62.3 Å². The number of ketones is 2. The molecular weight excluding hydrogens is 2210 g/mol. The van der Waals surface area contributed by atoms with Crippen LogP contribution in [0.15, 0.2) is 177 Å². The molecule has 0 aliphatic heterocycles. The van der Waals surface area contributed by atoms with Gasteiger partial charge in [-0.25, -0.2) is 9.59 Å². The van der Waals surface area contributed by atoms with Crippen LogP contribution < -0.4 is 10.6 Å². The zero-order valence-corrected chi connectivity index (χ0v) is 95.6. The summed E-state index contributed by atoms with van der Waals surface area (Å²) in [6.07, 6.45) is 21.9. The molecule has 0 atom stereocenters. The van der Waals surface area contributed by atoms with Crippen molar-refractivity contribution in [3.8, 4) is 72.8 Å². The molecule has 0 heterocycles. The quantitative estimate of drug-likeness (QED) is 0.0268. The molecule has 0 aliphatic carbocycles. The summed E-state index contributed by atoms with van der Waals surface area (Å²) in [7, 11) is 3.08. The van der Waals surface area contributed by atoms with E-state index < -0.39 is 11.9 Å². The number of carboxylic acid groups (broad SMARTS) is 2. The summed E-state index contributed by atoms with van der Waals surface area (Å²) < 4.78 is 0. The van der Waals surface area contributed by atoms with Crippen molar-refractivity contribution in [1.82, 2.24) is 10.6 Å². The number of Topliss-reactive ketones (excluding diaryl/α,β-unsaturated/α-hetero) is 2. The number of aliphatic carboxylic acids is 2. The van der Waals surface area contributed by atoms with Crippen molar-refractivity contribution in [3.63, 3.8) is 0 Å². The zero-order valence-electron chi connectivity index (χ0n) is 61.5. The summed E-state index contributed by atoms with van der Waals surface area (Å²) in [5.41, 5.74) is 1.62. The maximum atomic E-state index is 10.6. The second kappa shape index (κ2) is 137. The van der Waals surface area contributed by atoms with Crippen molar-refractivity contribution in [1.29, 1.82) is 63.1 Å². The minimum Gasteiger partial charge on any atom is -0.507 e. The molecule has 0 aromatic rings. The van der Waals surface area contributed by atoms with E-state index in [-0.39, 0.29) is 477 Å². The van der Waals surface area contributed by atoms with Gasteiger partial charge < -0.3 is 52.2 Å². The van der Waals surface area contributed by atoms with E-state index in [1.807, 2.05) is 78.0 Å². The van der Waals surface area contributed by atoms with Crippen LogP contribution in [0.4, 0.5) is 0 Å². The number of rotatable bonds is 12. The standard InChI is InChI=1S/C9H8N4.C9H8N2O2.C8H6N4.C8H6N2O2.C6H7O2.C5H7N.C5H5O2.C4H5N.C4H8.C4H7.C3H6.C3H5.12Y/c1-3-7(4-10)9(13-2)8(5-11)6-12;1-3-8(9(12)13)6(2)7(4-10)5-11;1-6(3-9)8(12-2)7(4-10)5-11;1-5(6(2)8(11)12)7(3-9)4-10;1-3-6(4-7)5(2)8;1-3-5(2)4-6;1-4(3-6)5(2)7;1-4(2)3-5;2*1-3-4-2;2*1-3-2;;;;;;;;;;;;/h3,13H,1-2H3;3H,1-2H3,(H,12,13);12H,1H2,2H3;2H2,1H3,(H,11,12);3H,1-2H3;3H,1-2H3;1H2,2H3;1H2,2H3;3-4H,1-2H3;3H,1-2H3;3H,1H2,2H3;1H2,2H3;;;;;;;;;;;;/q;;;;-1;;-1;;;-1;;-1;;;;;;;;;;;;. The van der Waals surface area contributed by atoms with E-state index in [1.165, 1.54) is 59.5 Å². The van der Waals surface area contributed by atoms with Crippen LogP contribution in [0, 0.1) is 148 Å². The first-order valence-electron chi connectivity index (χ1n) is 24.9. The average Bonchev–Trinajstić information content (AvgIpc) is 0.942. The molecule has 0 aliphatic rings. The Bertz CT molecular complexity index is 3260. The summed E-state index contributed by atoms with van der Waals surface area (Å²) in [5.74, 6) is -2.92. The molecule has 34 heteroatoms. The number of nitriles is 12. The smallest absolute Gasteiger partial charge is 0.335 e. The van der Waals surface area contributed by atoms with Gasteiger partial charge in [0.15, 0.2) is 11.1 Å². The fourth-order valence-electron chi connectivity index (χ4n) is 3.22. The third-order valence-electron chi connectivity index (χ3n) is 8.14. The van der Waals surface area contributed by atoms with Crippen molar-refractivity contribution >= 4 is 36.1 Å². The Morgan fingerprint density at radius 2 is 0.735 bits per heavy atom. The number of nitrogens with one attached hydrogen (secondary N) is 2. The molecule has 0 spiro atoms. The van der Waals surface area contributed by atoms with Gasteiger partial charge in [0.1, 0.15) is 71.8 Å². The van der Waals surface area contributed by atoms with Gasteiger partial charge in [0.25, 0.3) is 0 Å². The summed E-state index contributed by atoms with van der Waals surface area (Å²) in [6, 6.07) is 20.6. The molecule has 0 aromatic carbocycles. The molecule has 12 radical (unpaired) electrons. The molecule has 0 aromatic heterocycles.